The molecule has 0 saturated carbocycles. The molecular formula is C18H14F3IN2O3. The van der Waals surface area contributed by atoms with Gasteiger partial charge in [0.05, 0.1) is 17.8 Å². The number of nitrogens with zero attached hydrogens (tertiary/aromatic N) is 1. The SMILES string of the molecule is O=C1CC(C(F)(F)F)N(C(=O)COc2cccc(I)c2)c2ccccc2N1. The third-order valence-electron chi connectivity index (χ3n) is 3.93. The van der Waals surface area contributed by atoms with Crippen LogP contribution in [-0.4, -0.2) is 30.6 Å². The number of ether oxygens (including phenoxy) is 1. The highest BCUT2D eigenvalue weighted by atomic mass is 127. The van der Waals surface area contributed by atoms with Gasteiger partial charge < -0.3 is 10.1 Å². The van der Waals surface area contributed by atoms with E-state index in [0.717, 1.165) is 3.57 Å². The van der Waals surface area contributed by atoms with Crippen LogP contribution in [0, 0.1) is 3.57 Å². The van der Waals surface area contributed by atoms with Crippen LogP contribution in [0.4, 0.5) is 24.5 Å². The van der Waals surface area contributed by atoms with E-state index >= 15 is 0 Å². The van der Waals surface area contributed by atoms with Crippen molar-refractivity contribution in [1.82, 2.24) is 0 Å². The number of rotatable bonds is 3. The molecule has 1 aliphatic heterocycles. The Bertz CT molecular complexity index is 873. The van der Waals surface area contributed by atoms with Gasteiger partial charge in [0.2, 0.25) is 5.91 Å². The molecular weight excluding hydrogens is 476 g/mol. The summed E-state index contributed by atoms with van der Waals surface area (Å²) in [5.74, 6) is -1.32. The van der Waals surface area contributed by atoms with Crippen molar-refractivity contribution in [2.45, 2.75) is 18.6 Å². The molecule has 5 nitrogen and oxygen atoms in total. The highest BCUT2D eigenvalue weighted by Gasteiger charge is 2.49. The second-order valence-corrected chi connectivity index (χ2v) is 7.08. The summed E-state index contributed by atoms with van der Waals surface area (Å²) in [6.45, 7) is -0.588. The summed E-state index contributed by atoms with van der Waals surface area (Å²) < 4.78 is 47.0. The molecule has 0 aliphatic carbocycles. The number of amides is 2. The third kappa shape index (κ3) is 4.52. The van der Waals surface area contributed by atoms with Gasteiger partial charge in [-0.15, -0.1) is 0 Å². The third-order valence-corrected chi connectivity index (χ3v) is 4.60. The van der Waals surface area contributed by atoms with Crippen LogP contribution in [0.1, 0.15) is 6.42 Å². The Morgan fingerprint density at radius 3 is 2.67 bits per heavy atom. The first kappa shape index (κ1) is 19.5. The van der Waals surface area contributed by atoms with Crippen LogP contribution >= 0.6 is 22.6 Å². The number of fused-ring (bicyclic) bond motifs is 1. The highest BCUT2D eigenvalue weighted by Crippen LogP contribution is 2.37. The van der Waals surface area contributed by atoms with Crippen molar-refractivity contribution in [2.24, 2.45) is 0 Å². The second kappa shape index (κ2) is 7.75. The number of benzene rings is 2. The minimum Gasteiger partial charge on any atom is -0.484 e. The van der Waals surface area contributed by atoms with Crippen molar-refractivity contribution >= 4 is 45.8 Å². The van der Waals surface area contributed by atoms with Crippen LogP contribution < -0.4 is 15.0 Å². The van der Waals surface area contributed by atoms with Crippen molar-refractivity contribution in [2.75, 3.05) is 16.8 Å². The molecule has 3 rings (SSSR count). The summed E-state index contributed by atoms with van der Waals surface area (Å²) in [5.41, 5.74) is 0.138. The van der Waals surface area contributed by atoms with E-state index < -0.39 is 37.1 Å². The molecule has 142 valence electrons. The number of halogens is 4. The molecule has 0 radical (unpaired) electrons. The quantitative estimate of drug-likeness (QED) is 0.663. The molecule has 1 aliphatic rings. The standard InChI is InChI=1S/C18H14F3IN2O3/c19-18(20,21)15-9-16(25)23-13-6-1-2-7-14(13)24(15)17(26)10-27-12-5-3-4-11(22)8-12/h1-8,15H,9-10H2,(H,23,25). The lowest BCUT2D eigenvalue weighted by Crippen LogP contribution is -2.51. The van der Waals surface area contributed by atoms with Crippen molar-refractivity contribution in [3.05, 3.63) is 52.1 Å². The molecule has 0 spiro atoms. The molecule has 1 atom stereocenters. The Hall–Kier alpha value is -2.30. The Morgan fingerprint density at radius 1 is 1.22 bits per heavy atom. The monoisotopic (exact) mass is 490 g/mol. The number of anilines is 2. The van der Waals surface area contributed by atoms with E-state index in [0.29, 0.717) is 10.6 Å². The number of nitrogens with one attached hydrogen (secondary N) is 1. The zero-order valence-electron chi connectivity index (χ0n) is 13.8. The van der Waals surface area contributed by atoms with E-state index in [4.69, 9.17) is 4.74 Å². The fourth-order valence-electron chi connectivity index (χ4n) is 2.77. The normalized spacial score (nSPS) is 17.0. The molecule has 1 N–H and O–H groups in total. The molecule has 1 heterocycles. The first-order valence-corrected chi connectivity index (χ1v) is 8.99. The summed E-state index contributed by atoms with van der Waals surface area (Å²) in [6.07, 6.45) is -5.65. The van der Waals surface area contributed by atoms with E-state index in [1.165, 1.54) is 18.2 Å². The van der Waals surface area contributed by atoms with Crippen LogP contribution in [0.15, 0.2) is 48.5 Å². The summed E-state index contributed by atoms with van der Waals surface area (Å²) in [7, 11) is 0. The fourth-order valence-corrected chi connectivity index (χ4v) is 3.28. The summed E-state index contributed by atoms with van der Waals surface area (Å²) in [6, 6.07) is 10.4. The summed E-state index contributed by atoms with van der Waals surface area (Å²) in [4.78, 5) is 25.2. The van der Waals surface area contributed by atoms with Crippen LogP contribution in [0.5, 0.6) is 5.75 Å². The second-order valence-electron chi connectivity index (χ2n) is 5.84. The summed E-state index contributed by atoms with van der Waals surface area (Å²) >= 11 is 2.06. The largest absolute Gasteiger partial charge is 0.484 e. The maximum Gasteiger partial charge on any atom is 0.409 e. The average molecular weight is 490 g/mol. The zero-order valence-corrected chi connectivity index (χ0v) is 16.0. The Balaban J connectivity index is 1.92. The van der Waals surface area contributed by atoms with Gasteiger partial charge in [-0.05, 0) is 52.9 Å². The van der Waals surface area contributed by atoms with Gasteiger partial charge in [0.1, 0.15) is 11.8 Å². The van der Waals surface area contributed by atoms with Gasteiger partial charge in [0, 0.05) is 3.57 Å². The maximum absolute atomic E-state index is 13.6. The topological polar surface area (TPSA) is 58.6 Å². The average Bonchev–Trinajstić information content (AvgIpc) is 2.75. The van der Waals surface area contributed by atoms with Gasteiger partial charge in [-0.1, -0.05) is 18.2 Å². The van der Waals surface area contributed by atoms with E-state index in [1.54, 1.807) is 24.3 Å². The van der Waals surface area contributed by atoms with Crippen LogP contribution in [0.2, 0.25) is 0 Å². The van der Waals surface area contributed by atoms with Gasteiger partial charge in [-0.3, -0.25) is 14.5 Å². The molecule has 2 aromatic rings. The first-order valence-electron chi connectivity index (χ1n) is 7.92. The Morgan fingerprint density at radius 2 is 1.96 bits per heavy atom. The molecule has 0 saturated heterocycles. The molecule has 2 amide bonds. The minimum atomic E-state index is -4.77. The molecule has 9 heteroatoms. The van der Waals surface area contributed by atoms with Crippen molar-refractivity contribution in [1.29, 1.82) is 0 Å². The van der Waals surface area contributed by atoms with E-state index in [1.807, 2.05) is 6.07 Å². The predicted octanol–water partition coefficient (Wildman–Crippen LogP) is 3.98. The Labute approximate surface area is 166 Å². The van der Waals surface area contributed by atoms with Gasteiger partial charge in [-0.2, -0.15) is 13.2 Å². The molecule has 0 aromatic heterocycles. The van der Waals surface area contributed by atoms with Crippen LogP contribution in [0.3, 0.4) is 0 Å². The number of hydrogen-bond acceptors (Lipinski definition) is 3. The predicted molar refractivity (Wildman–Crippen MR) is 102 cm³/mol. The van der Waals surface area contributed by atoms with Crippen molar-refractivity contribution in [3.63, 3.8) is 0 Å². The van der Waals surface area contributed by atoms with Gasteiger partial charge >= 0.3 is 6.18 Å². The first-order chi connectivity index (χ1) is 12.8. The lowest BCUT2D eigenvalue weighted by molar-refractivity contribution is -0.158. The van der Waals surface area contributed by atoms with Crippen LogP contribution in [0.25, 0.3) is 0 Å². The number of carbonyl (C=O) groups is 2. The number of para-hydroxylation sites is 2. The molecule has 1 unspecified atom stereocenters. The number of hydrogen-bond donors (Lipinski definition) is 1. The van der Waals surface area contributed by atoms with Crippen molar-refractivity contribution < 1.29 is 27.5 Å². The molecule has 2 aromatic carbocycles. The molecule has 0 bridgehead atoms. The zero-order chi connectivity index (χ0) is 19.6. The van der Waals surface area contributed by atoms with Gasteiger partial charge in [0.15, 0.2) is 6.61 Å². The smallest absolute Gasteiger partial charge is 0.409 e. The number of alkyl halides is 3. The maximum atomic E-state index is 13.6. The lowest BCUT2D eigenvalue weighted by Gasteiger charge is -2.31. The molecule has 0 fully saturated rings. The minimum absolute atomic E-state index is 0.0121. The molecule has 27 heavy (non-hydrogen) atoms. The van der Waals surface area contributed by atoms with E-state index in [9.17, 15) is 22.8 Å². The van der Waals surface area contributed by atoms with Gasteiger partial charge in [-0.25, -0.2) is 0 Å². The summed E-state index contributed by atoms with van der Waals surface area (Å²) in [5, 5.41) is 2.42. The Kier molecular flexibility index (Phi) is 5.59. The highest BCUT2D eigenvalue weighted by molar-refractivity contribution is 14.1. The van der Waals surface area contributed by atoms with Gasteiger partial charge in [0.25, 0.3) is 5.91 Å². The van der Waals surface area contributed by atoms with E-state index in [-0.39, 0.29) is 11.4 Å². The van der Waals surface area contributed by atoms with Crippen LogP contribution in [-0.2, 0) is 9.59 Å². The lowest BCUT2D eigenvalue weighted by atomic mass is 10.1. The van der Waals surface area contributed by atoms with E-state index in [2.05, 4.69) is 27.9 Å². The fraction of sp³-hybridized carbons (Fsp3) is 0.222. The number of carbonyl (C=O) groups excluding carboxylic acids is 2. The van der Waals surface area contributed by atoms with Crippen molar-refractivity contribution in [3.8, 4) is 5.75 Å².